The van der Waals surface area contributed by atoms with Gasteiger partial charge in [-0.2, -0.15) is 5.10 Å². The topological polar surface area (TPSA) is 77.3 Å². The second-order valence-electron chi connectivity index (χ2n) is 2.63. The molecule has 70 valence electrons. The predicted octanol–water partition coefficient (Wildman–Crippen LogP) is 0.812. The van der Waals surface area contributed by atoms with Gasteiger partial charge in [0.15, 0.2) is 5.17 Å². The number of nitrogens with zero attached hydrogens (tertiary/aromatic N) is 2. The summed E-state index contributed by atoms with van der Waals surface area (Å²) in [4.78, 5) is 4.06. The third-order valence-corrected chi connectivity index (χ3v) is 2.32. The van der Waals surface area contributed by atoms with Crippen LogP contribution in [0.15, 0.2) is 23.6 Å². The number of aryl methyl sites for hydroxylation is 1. The summed E-state index contributed by atoms with van der Waals surface area (Å²) in [6.45, 7) is 2.00. The van der Waals surface area contributed by atoms with Crippen molar-refractivity contribution in [2.24, 2.45) is 16.7 Å². The molecule has 0 unspecified atom stereocenters. The Morgan fingerprint density at radius 2 is 2.38 bits per heavy atom. The van der Waals surface area contributed by atoms with Crippen molar-refractivity contribution in [1.82, 2.24) is 4.98 Å². The lowest BCUT2D eigenvalue weighted by Gasteiger charge is -2.00. The predicted molar refractivity (Wildman–Crippen MR) is 56.1 cm³/mol. The van der Waals surface area contributed by atoms with Crippen LogP contribution in [0.3, 0.4) is 0 Å². The molecular formula is C8H12N4S. The lowest BCUT2D eigenvalue weighted by Crippen LogP contribution is -2.09. The number of amidine groups is 1. The number of thioether (sulfide) groups is 1. The Labute approximate surface area is 81.4 Å². The van der Waals surface area contributed by atoms with E-state index in [0.717, 1.165) is 16.9 Å². The molecule has 13 heavy (non-hydrogen) atoms. The number of hydrazone groups is 1. The van der Waals surface area contributed by atoms with Gasteiger partial charge in [0.05, 0.1) is 0 Å². The first-order valence-corrected chi connectivity index (χ1v) is 4.77. The first kappa shape index (κ1) is 9.85. The quantitative estimate of drug-likeness (QED) is 0.317. The smallest absolute Gasteiger partial charge is 0.177 e. The SMILES string of the molecule is Cc1cncc(CS/C(N)=N/N)c1. The Morgan fingerprint density at radius 1 is 1.62 bits per heavy atom. The number of pyridine rings is 1. The van der Waals surface area contributed by atoms with Gasteiger partial charge in [0.2, 0.25) is 0 Å². The van der Waals surface area contributed by atoms with Crippen molar-refractivity contribution in [3.63, 3.8) is 0 Å². The fourth-order valence-electron chi connectivity index (χ4n) is 0.891. The normalized spacial score (nSPS) is 11.6. The molecule has 0 aliphatic heterocycles. The van der Waals surface area contributed by atoms with Crippen molar-refractivity contribution >= 4 is 16.9 Å². The average molecular weight is 196 g/mol. The molecule has 0 amide bonds. The first-order valence-electron chi connectivity index (χ1n) is 3.79. The van der Waals surface area contributed by atoms with E-state index in [2.05, 4.69) is 16.2 Å². The molecule has 0 aromatic carbocycles. The van der Waals surface area contributed by atoms with Gasteiger partial charge in [0.25, 0.3) is 0 Å². The Kier molecular flexibility index (Phi) is 3.57. The van der Waals surface area contributed by atoms with E-state index in [1.54, 1.807) is 0 Å². The summed E-state index contributed by atoms with van der Waals surface area (Å²) in [6.07, 6.45) is 3.62. The highest BCUT2D eigenvalue weighted by Crippen LogP contribution is 2.11. The summed E-state index contributed by atoms with van der Waals surface area (Å²) < 4.78 is 0. The molecule has 0 aliphatic carbocycles. The zero-order chi connectivity index (χ0) is 9.68. The molecule has 0 bridgehead atoms. The highest BCUT2D eigenvalue weighted by Gasteiger charge is 1.96. The summed E-state index contributed by atoms with van der Waals surface area (Å²) in [5.41, 5.74) is 7.69. The molecule has 4 nitrogen and oxygen atoms in total. The van der Waals surface area contributed by atoms with Crippen LogP contribution in [-0.2, 0) is 5.75 Å². The van der Waals surface area contributed by atoms with E-state index in [1.165, 1.54) is 11.8 Å². The third-order valence-electron chi connectivity index (χ3n) is 1.45. The van der Waals surface area contributed by atoms with Gasteiger partial charge in [-0.3, -0.25) is 4.98 Å². The van der Waals surface area contributed by atoms with Crippen LogP contribution in [0.2, 0.25) is 0 Å². The molecule has 0 atom stereocenters. The molecule has 0 saturated heterocycles. The minimum Gasteiger partial charge on any atom is -0.377 e. The van der Waals surface area contributed by atoms with Gasteiger partial charge in [-0.05, 0) is 18.1 Å². The van der Waals surface area contributed by atoms with Gasteiger partial charge in [0.1, 0.15) is 0 Å². The second-order valence-corrected chi connectivity index (χ2v) is 3.62. The van der Waals surface area contributed by atoms with E-state index < -0.39 is 0 Å². The molecule has 1 heterocycles. The summed E-state index contributed by atoms with van der Waals surface area (Å²) in [6, 6.07) is 2.06. The van der Waals surface area contributed by atoms with Crippen molar-refractivity contribution in [3.8, 4) is 0 Å². The number of rotatable bonds is 2. The Hall–Kier alpha value is -1.23. The fraction of sp³-hybridized carbons (Fsp3) is 0.250. The number of hydrogen-bond donors (Lipinski definition) is 2. The second kappa shape index (κ2) is 4.71. The fourth-order valence-corrected chi connectivity index (χ4v) is 1.44. The maximum absolute atomic E-state index is 5.43. The zero-order valence-electron chi connectivity index (χ0n) is 7.40. The molecule has 0 radical (unpaired) electrons. The number of hydrogen-bond acceptors (Lipinski definition) is 4. The minimum atomic E-state index is 0.390. The molecule has 1 rings (SSSR count). The monoisotopic (exact) mass is 196 g/mol. The van der Waals surface area contributed by atoms with E-state index in [1.807, 2.05) is 19.3 Å². The van der Waals surface area contributed by atoms with Gasteiger partial charge in [-0.1, -0.05) is 17.8 Å². The van der Waals surface area contributed by atoms with Crippen LogP contribution in [0.4, 0.5) is 0 Å². The molecule has 5 heteroatoms. The van der Waals surface area contributed by atoms with Crippen molar-refractivity contribution in [2.75, 3.05) is 0 Å². The lowest BCUT2D eigenvalue weighted by molar-refractivity contribution is 1.21. The van der Waals surface area contributed by atoms with E-state index >= 15 is 0 Å². The van der Waals surface area contributed by atoms with E-state index in [0.29, 0.717) is 5.17 Å². The molecule has 0 aliphatic rings. The van der Waals surface area contributed by atoms with Crippen LogP contribution in [-0.4, -0.2) is 10.2 Å². The summed E-state index contributed by atoms with van der Waals surface area (Å²) in [5.74, 6) is 5.74. The van der Waals surface area contributed by atoms with Crippen molar-refractivity contribution in [2.45, 2.75) is 12.7 Å². The molecule has 0 fully saturated rings. The highest BCUT2D eigenvalue weighted by molar-refractivity contribution is 8.13. The maximum Gasteiger partial charge on any atom is 0.177 e. The van der Waals surface area contributed by atoms with E-state index in [9.17, 15) is 0 Å². The van der Waals surface area contributed by atoms with Crippen LogP contribution in [0, 0.1) is 6.92 Å². The van der Waals surface area contributed by atoms with Crippen LogP contribution in [0.25, 0.3) is 0 Å². The highest BCUT2D eigenvalue weighted by atomic mass is 32.2. The largest absolute Gasteiger partial charge is 0.377 e. The summed E-state index contributed by atoms with van der Waals surface area (Å²) in [5, 5.41) is 3.75. The van der Waals surface area contributed by atoms with Gasteiger partial charge in [-0.25, -0.2) is 0 Å². The molecule has 1 aromatic rings. The van der Waals surface area contributed by atoms with Crippen molar-refractivity contribution in [1.29, 1.82) is 0 Å². The Bertz CT molecular complexity index is 311. The van der Waals surface area contributed by atoms with Crippen LogP contribution in [0.5, 0.6) is 0 Å². The molecule has 0 spiro atoms. The number of nitrogens with two attached hydrogens (primary N) is 2. The standard InChI is InChI=1S/C8H12N4S/c1-6-2-7(4-11-3-6)5-13-8(9)12-10/h2-4H,5,10H2,1H3,(H2,9,12). The van der Waals surface area contributed by atoms with Crippen molar-refractivity contribution in [3.05, 3.63) is 29.6 Å². The van der Waals surface area contributed by atoms with Crippen LogP contribution >= 0.6 is 11.8 Å². The van der Waals surface area contributed by atoms with Gasteiger partial charge >= 0.3 is 0 Å². The van der Waals surface area contributed by atoms with Gasteiger partial charge < -0.3 is 11.6 Å². The van der Waals surface area contributed by atoms with E-state index in [4.69, 9.17) is 11.6 Å². The molecule has 0 saturated carbocycles. The van der Waals surface area contributed by atoms with E-state index in [-0.39, 0.29) is 0 Å². The molecular weight excluding hydrogens is 184 g/mol. The average Bonchev–Trinajstić information content (AvgIpc) is 2.14. The van der Waals surface area contributed by atoms with Gasteiger partial charge in [0, 0.05) is 18.1 Å². The number of aromatic nitrogens is 1. The maximum atomic E-state index is 5.43. The van der Waals surface area contributed by atoms with Crippen LogP contribution in [0.1, 0.15) is 11.1 Å². The Balaban J connectivity index is 2.55. The zero-order valence-corrected chi connectivity index (χ0v) is 8.21. The van der Waals surface area contributed by atoms with Crippen molar-refractivity contribution < 1.29 is 0 Å². The minimum absolute atomic E-state index is 0.390. The third kappa shape index (κ3) is 3.33. The lowest BCUT2D eigenvalue weighted by atomic mass is 10.2. The van der Waals surface area contributed by atoms with Crippen LogP contribution < -0.4 is 11.6 Å². The molecule has 1 aromatic heterocycles. The van der Waals surface area contributed by atoms with Gasteiger partial charge in [-0.15, -0.1) is 0 Å². The summed E-state index contributed by atoms with van der Waals surface area (Å²) >= 11 is 1.40. The first-order chi connectivity index (χ1) is 6.22. The Morgan fingerprint density at radius 3 is 3.00 bits per heavy atom. The summed E-state index contributed by atoms with van der Waals surface area (Å²) in [7, 11) is 0. The molecule has 4 N–H and O–H groups in total.